The van der Waals surface area contributed by atoms with Crippen molar-refractivity contribution in [1.82, 2.24) is 5.32 Å². The van der Waals surface area contributed by atoms with Crippen LogP contribution in [0.5, 0.6) is 0 Å². The smallest absolute Gasteiger partial charge is 0.410 e. The number of methoxy groups -OCH3 is 2. The summed E-state index contributed by atoms with van der Waals surface area (Å²) in [5.74, 6) is -1.47. The number of alkyl carbamates (subject to hydrolysis) is 1. The van der Waals surface area contributed by atoms with Gasteiger partial charge >= 0.3 is 18.0 Å². The lowest BCUT2D eigenvalue weighted by molar-refractivity contribution is -0.143. The molecule has 0 aromatic heterocycles. The summed E-state index contributed by atoms with van der Waals surface area (Å²) < 4.78 is 19.8. The summed E-state index contributed by atoms with van der Waals surface area (Å²) in [4.78, 5) is 34.5. The maximum absolute atomic E-state index is 11.8. The van der Waals surface area contributed by atoms with Crippen LogP contribution in [-0.2, 0) is 28.5 Å². The summed E-state index contributed by atoms with van der Waals surface area (Å²) >= 11 is 0. The second-order valence-electron chi connectivity index (χ2n) is 5.22. The molecule has 2 aliphatic rings. The highest BCUT2D eigenvalue weighted by Gasteiger charge is 2.44. The average molecular weight is 325 g/mol. The van der Waals surface area contributed by atoms with Crippen molar-refractivity contribution in [2.75, 3.05) is 20.8 Å². The Morgan fingerprint density at radius 1 is 1.30 bits per heavy atom. The Bertz CT molecular complexity index is 566. The van der Waals surface area contributed by atoms with Crippen molar-refractivity contribution in [3.05, 3.63) is 23.5 Å². The van der Waals surface area contributed by atoms with E-state index in [9.17, 15) is 14.4 Å². The molecule has 0 aromatic carbocycles. The molecule has 2 rings (SSSR count). The first-order chi connectivity index (χ1) is 11.0. The molecular formula is C15H19NO7. The van der Waals surface area contributed by atoms with Gasteiger partial charge < -0.3 is 24.3 Å². The first-order valence-electron chi connectivity index (χ1n) is 7.09. The number of allylic oxidation sites excluding steroid dienone is 1. The van der Waals surface area contributed by atoms with E-state index < -0.39 is 24.3 Å². The van der Waals surface area contributed by atoms with Gasteiger partial charge in [-0.1, -0.05) is 11.6 Å². The van der Waals surface area contributed by atoms with Gasteiger partial charge in [0.25, 0.3) is 6.29 Å². The fourth-order valence-electron chi connectivity index (χ4n) is 2.73. The van der Waals surface area contributed by atoms with Crippen LogP contribution in [-0.4, -0.2) is 45.1 Å². The van der Waals surface area contributed by atoms with Crippen LogP contribution in [0.2, 0.25) is 0 Å². The first kappa shape index (κ1) is 16.9. The monoisotopic (exact) mass is 325 g/mol. The molecule has 1 amide bonds. The number of nitrogens with one attached hydrogen (secondary N) is 1. The molecule has 1 heterocycles. The second-order valence-corrected chi connectivity index (χ2v) is 5.22. The maximum Gasteiger partial charge on any atom is 0.410 e. The second kappa shape index (κ2) is 7.17. The lowest BCUT2D eigenvalue weighted by atomic mass is 9.84. The van der Waals surface area contributed by atoms with Crippen molar-refractivity contribution in [2.45, 2.75) is 19.6 Å². The van der Waals surface area contributed by atoms with Crippen molar-refractivity contribution >= 4 is 18.0 Å². The van der Waals surface area contributed by atoms with Gasteiger partial charge in [-0.15, -0.1) is 0 Å². The van der Waals surface area contributed by atoms with Gasteiger partial charge in [-0.2, -0.15) is 0 Å². The summed E-state index contributed by atoms with van der Waals surface area (Å²) in [6.07, 6.45) is 2.23. The number of ether oxygens (including phenoxy) is 4. The SMILES string of the molecule is COC(=O)CNC(=O)OC1OC=C(C(=O)OC)C2CC=C(C)C12. The molecule has 0 bridgehead atoms. The minimum absolute atomic E-state index is 0.158. The van der Waals surface area contributed by atoms with Crippen LogP contribution in [0.25, 0.3) is 0 Å². The topological polar surface area (TPSA) is 100 Å². The molecule has 8 nitrogen and oxygen atoms in total. The van der Waals surface area contributed by atoms with Crippen molar-refractivity contribution in [3.8, 4) is 0 Å². The van der Waals surface area contributed by atoms with E-state index in [1.807, 2.05) is 13.0 Å². The molecule has 1 N–H and O–H groups in total. The zero-order valence-corrected chi connectivity index (χ0v) is 13.2. The fraction of sp³-hybridized carbons (Fsp3) is 0.533. The third kappa shape index (κ3) is 3.64. The average Bonchev–Trinajstić information content (AvgIpc) is 2.94. The van der Waals surface area contributed by atoms with E-state index in [0.29, 0.717) is 12.0 Å². The van der Waals surface area contributed by atoms with Gasteiger partial charge in [0.2, 0.25) is 0 Å². The van der Waals surface area contributed by atoms with Gasteiger partial charge in [0.1, 0.15) is 6.54 Å². The molecule has 0 saturated carbocycles. The van der Waals surface area contributed by atoms with E-state index in [1.165, 1.54) is 20.5 Å². The number of hydrogen-bond donors (Lipinski definition) is 1. The van der Waals surface area contributed by atoms with Crippen LogP contribution < -0.4 is 5.32 Å². The number of hydrogen-bond acceptors (Lipinski definition) is 7. The van der Waals surface area contributed by atoms with Gasteiger partial charge in [0.05, 0.1) is 32.0 Å². The number of amides is 1. The summed E-state index contributed by atoms with van der Waals surface area (Å²) in [6.45, 7) is 1.59. The Morgan fingerprint density at radius 3 is 2.70 bits per heavy atom. The van der Waals surface area contributed by atoms with E-state index >= 15 is 0 Å². The maximum atomic E-state index is 11.8. The van der Waals surface area contributed by atoms with Gasteiger partial charge in [-0.25, -0.2) is 9.59 Å². The van der Waals surface area contributed by atoms with Gasteiger partial charge in [-0.05, 0) is 13.3 Å². The minimum Gasteiger partial charge on any atom is -0.468 e. The van der Waals surface area contributed by atoms with Crippen LogP contribution in [0.4, 0.5) is 4.79 Å². The fourth-order valence-corrected chi connectivity index (χ4v) is 2.73. The Hall–Kier alpha value is -2.51. The highest BCUT2D eigenvalue weighted by molar-refractivity contribution is 5.89. The van der Waals surface area contributed by atoms with Crippen LogP contribution in [0.3, 0.4) is 0 Å². The molecule has 0 radical (unpaired) electrons. The molecule has 0 saturated heterocycles. The van der Waals surface area contributed by atoms with Crippen molar-refractivity contribution in [3.63, 3.8) is 0 Å². The molecule has 1 aliphatic carbocycles. The highest BCUT2D eigenvalue weighted by Crippen LogP contribution is 2.43. The van der Waals surface area contributed by atoms with E-state index in [-0.39, 0.29) is 18.4 Å². The summed E-state index contributed by atoms with van der Waals surface area (Å²) in [5.41, 5.74) is 1.38. The molecule has 0 aromatic rings. The predicted molar refractivity (Wildman–Crippen MR) is 76.8 cm³/mol. The Morgan fingerprint density at radius 2 is 2.04 bits per heavy atom. The zero-order chi connectivity index (χ0) is 17.0. The van der Waals surface area contributed by atoms with Gasteiger partial charge in [0, 0.05) is 5.92 Å². The zero-order valence-electron chi connectivity index (χ0n) is 13.2. The molecule has 3 atom stereocenters. The molecule has 8 heteroatoms. The van der Waals surface area contributed by atoms with Crippen LogP contribution >= 0.6 is 0 Å². The van der Waals surface area contributed by atoms with Gasteiger partial charge in [-0.3, -0.25) is 4.79 Å². The molecule has 3 unspecified atom stereocenters. The first-order valence-corrected chi connectivity index (χ1v) is 7.09. The summed E-state index contributed by atoms with van der Waals surface area (Å²) in [6, 6.07) is 0. The number of carbonyl (C=O) groups excluding carboxylic acids is 3. The summed E-state index contributed by atoms with van der Waals surface area (Å²) in [7, 11) is 2.52. The number of rotatable bonds is 4. The quantitative estimate of drug-likeness (QED) is 0.465. The van der Waals surface area contributed by atoms with Crippen molar-refractivity contribution < 1.29 is 33.3 Å². The van der Waals surface area contributed by atoms with Crippen molar-refractivity contribution in [2.24, 2.45) is 11.8 Å². The largest absolute Gasteiger partial charge is 0.468 e. The Labute approximate surface area is 133 Å². The lowest BCUT2D eigenvalue weighted by Crippen LogP contribution is -2.41. The number of esters is 2. The predicted octanol–water partition coefficient (Wildman–Crippen LogP) is 0.881. The summed E-state index contributed by atoms with van der Waals surface area (Å²) in [5, 5.41) is 2.27. The third-order valence-electron chi connectivity index (χ3n) is 3.92. The molecule has 126 valence electrons. The highest BCUT2D eigenvalue weighted by atomic mass is 16.7. The van der Waals surface area contributed by atoms with E-state index in [4.69, 9.17) is 14.2 Å². The molecule has 23 heavy (non-hydrogen) atoms. The normalized spacial score (nSPS) is 25.3. The van der Waals surface area contributed by atoms with Crippen LogP contribution in [0.1, 0.15) is 13.3 Å². The Kier molecular flexibility index (Phi) is 5.25. The van der Waals surface area contributed by atoms with Crippen LogP contribution in [0.15, 0.2) is 23.5 Å². The van der Waals surface area contributed by atoms with Crippen molar-refractivity contribution in [1.29, 1.82) is 0 Å². The number of carbonyl (C=O) groups is 3. The third-order valence-corrected chi connectivity index (χ3v) is 3.92. The minimum atomic E-state index is -0.871. The molecule has 0 spiro atoms. The molecular weight excluding hydrogens is 306 g/mol. The number of fused-ring (bicyclic) bond motifs is 1. The Balaban J connectivity index is 2.04. The molecule has 1 aliphatic heterocycles. The van der Waals surface area contributed by atoms with E-state index in [0.717, 1.165) is 5.57 Å². The van der Waals surface area contributed by atoms with E-state index in [2.05, 4.69) is 10.1 Å². The lowest BCUT2D eigenvalue weighted by Gasteiger charge is -2.33. The van der Waals surface area contributed by atoms with Crippen LogP contribution in [0, 0.1) is 11.8 Å². The molecule has 0 fully saturated rings. The standard InChI is InChI=1S/C15H19NO7/c1-8-4-5-9-10(13(18)21-3)7-22-14(12(8)9)23-15(19)16-6-11(17)20-2/h4,7,9,12,14H,5-6H2,1-3H3,(H,16,19). The van der Waals surface area contributed by atoms with E-state index in [1.54, 1.807) is 0 Å². The van der Waals surface area contributed by atoms with Gasteiger partial charge in [0.15, 0.2) is 0 Å².